The van der Waals surface area contributed by atoms with Gasteiger partial charge in [0.25, 0.3) is 0 Å². The van der Waals surface area contributed by atoms with E-state index in [1.807, 2.05) is 0 Å². The average molecular weight is 393 g/mol. The Morgan fingerprint density at radius 3 is 1.76 bits per heavy atom. The molecule has 0 aliphatic carbocycles. The summed E-state index contributed by atoms with van der Waals surface area (Å²) in [6, 6.07) is 15.6. The largest absolute Gasteiger partial charge is 0.0885 e. The second-order valence-electron chi connectivity index (χ2n) is 8.72. The van der Waals surface area contributed by atoms with E-state index >= 15 is 0 Å². The Labute approximate surface area is 180 Å². The van der Waals surface area contributed by atoms with Crippen LogP contribution in [0.5, 0.6) is 0 Å². The third-order valence-electron chi connectivity index (χ3n) is 6.04. The number of unbranched alkanes of at least 4 members (excludes halogenated alkanes) is 13. The van der Waals surface area contributed by atoms with E-state index in [0.717, 1.165) is 0 Å². The van der Waals surface area contributed by atoms with E-state index in [2.05, 4.69) is 61.5 Å². The van der Waals surface area contributed by atoms with Crippen molar-refractivity contribution in [3.8, 4) is 0 Å². The van der Waals surface area contributed by atoms with Crippen molar-refractivity contribution in [3.63, 3.8) is 0 Å². The predicted molar refractivity (Wildman–Crippen MR) is 132 cm³/mol. The van der Waals surface area contributed by atoms with E-state index in [0.29, 0.717) is 0 Å². The van der Waals surface area contributed by atoms with Crippen molar-refractivity contribution in [1.29, 1.82) is 0 Å². The molecule has 0 radical (unpaired) electrons. The fourth-order valence-corrected chi connectivity index (χ4v) is 4.15. The first-order valence-corrected chi connectivity index (χ1v) is 12.5. The zero-order valence-electron chi connectivity index (χ0n) is 19.0. The van der Waals surface area contributed by atoms with Crippen LogP contribution in [-0.4, -0.2) is 0 Å². The average Bonchev–Trinajstić information content (AvgIpc) is 2.76. The molecule has 0 heterocycles. The fraction of sp³-hybridized carbons (Fsp3) is 0.586. The molecule has 0 fully saturated rings. The summed E-state index contributed by atoms with van der Waals surface area (Å²) in [6.45, 7) is 2.29. The summed E-state index contributed by atoms with van der Waals surface area (Å²) in [5.74, 6) is 0. The van der Waals surface area contributed by atoms with Gasteiger partial charge in [-0.15, -0.1) is 0 Å². The fourth-order valence-electron chi connectivity index (χ4n) is 4.15. The maximum absolute atomic E-state index is 2.43. The van der Waals surface area contributed by atoms with Crippen LogP contribution in [0.2, 0.25) is 0 Å². The lowest BCUT2D eigenvalue weighted by Crippen LogP contribution is -1.87. The molecule has 0 N–H and O–H groups in total. The topological polar surface area (TPSA) is 0 Å². The highest BCUT2D eigenvalue weighted by molar-refractivity contribution is 5.82. The standard InChI is InChI=1S/C29H44/c1-2-3-4-5-6-7-8-9-10-11-12-13-14-15-16-17-18-21-27-24-25-28-22-19-20-23-29(28)26-27/h10-11,19-20,22-26H,2-9,12-18,21H2,1H3/b11-10+. The van der Waals surface area contributed by atoms with Crippen LogP contribution >= 0.6 is 0 Å². The van der Waals surface area contributed by atoms with Crippen molar-refractivity contribution in [2.24, 2.45) is 0 Å². The minimum atomic E-state index is 1.23. The predicted octanol–water partition coefficient (Wildman–Crippen LogP) is 9.81. The number of hydrogen-bond donors (Lipinski definition) is 0. The third-order valence-corrected chi connectivity index (χ3v) is 6.04. The molecule has 0 spiro atoms. The Hall–Kier alpha value is -1.56. The van der Waals surface area contributed by atoms with E-state index in [-0.39, 0.29) is 0 Å². The monoisotopic (exact) mass is 392 g/mol. The summed E-state index contributed by atoms with van der Waals surface area (Å²) >= 11 is 0. The third kappa shape index (κ3) is 11.3. The van der Waals surface area contributed by atoms with Crippen LogP contribution in [-0.2, 0) is 6.42 Å². The molecule has 0 amide bonds. The van der Waals surface area contributed by atoms with Crippen molar-refractivity contribution >= 4 is 10.8 Å². The molecule has 0 heteroatoms. The van der Waals surface area contributed by atoms with Gasteiger partial charge in [0.2, 0.25) is 0 Å². The summed E-state index contributed by atoms with van der Waals surface area (Å²) < 4.78 is 0. The molecule has 0 atom stereocenters. The summed E-state index contributed by atoms with van der Waals surface area (Å²) in [4.78, 5) is 0. The Morgan fingerprint density at radius 2 is 1.10 bits per heavy atom. The molecule has 2 aromatic carbocycles. The van der Waals surface area contributed by atoms with Crippen LogP contribution in [0.25, 0.3) is 10.8 Å². The summed E-state index contributed by atoms with van der Waals surface area (Å²) in [6.07, 6.45) is 26.9. The lowest BCUT2D eigenvalue weighted by molar-refractivity contribution is 0.590. The summed E-state index contributed by atoms with van der Waals surface area (Å²) in [5.41, 5.74) is 1.50. The SMILES string of the molecule is CCCCCCCCC/C=C/CCCCCCCCc1ccc2ccccc2c1. The van der Waals surface area contributed by atoms with Crippen molar-refractivity contribution in [2.75, 3.05) is 0 Å². The second kappa shape index (κ2) is 16.3. The number of allylic oxidation sites excluding steroid dienone is 2. The Bertz CT molecular complexity index is 667. The zero-order valence-corrected chi connectivity index (χ0v) is 19.0. The van der Waals surface area contributed by atoms with Crippen LogP contribution in [0.1, 0.15) is 109 Å². The first kappa shape index (κ1) is 23.7. The van der Waals surface area contributed by atoms with Crippen LogP contribution in [0.4, 0.5) is 0 Å². The molecule has 0 saturated heterocycles. The highest BCUT2D eigenvalue weighted by Gasteiger charge is 1.97. The number of hydrogen-bond acceptors (Lipinski definition) is 0. The van der Waals surface area contributed by atoms with E-state index in [1.54, 1.807) is 0 Å². The summed E-state index contributed by atoms with van der Waals surface area (Å²) in [5, 5.41) is 2.73. The Morgan fingerprint density at radius 1 is 0.552 bits per heavy atom. The minimum absolute atomic E-state index is 1.23. The van der Waals surface area contributed by atoms with E-state index in [9.17, 15) is 0 Å². The number of rotatable bonds is 17. The maximum atomic E-state index is 2.43. The van der Waals surface area contributed by atoms with Crippen LogP contribution in [0, 0.1) is 0 Å². The molecule has 2 aromatic rings. The van der Waals surface area contributed by atoms with Crippen LogP contribution < -0.4 is 0 Å². The quantitative estimate of drug-likeness (QED) is 0.185. The zero-order chi connectivity index (χ0) is 20.4. The molecular weight excluding hydrogens is 348 g/mol. The van der Waals surface area contributed by atoms with Gasteiger partial charge in [-0.05, 0) is 54.9 Å². The van der Waals surface area contributed by atoms with Gasteiger partial charge >= 0.3 is 0 Å². The lowest BCUT2D eigenvalue weighted by Gasteiger charge is -2.04. The molecule has 160 valence electrons. The highest BCUT2D eigenvalue weighted by atomic mass is 14.0. The van der Waals surface area contributed by atoms with E-state index in [4.69, 9.17) is 0 Å². The Balaban J connectivity index is 1.37. The molecular formula is C29H44. The smallest absolute Gasteiger partial charge is 0.0181 e. The highest BCUT2D eigenvalue weighted by Crippen LogP contribution is 2.18. The van der Waals surface area contributed by atoms with Crippen molar-refractivity contribution in [1.82, 2.24) is 0 Å². The van der Waals surface area contributed by atoms with Gasteiger partial charge in [0, 0.05) is 0 Å². The van der Waals surface area contributed by atoms with Crippen molar-refractivity contribution in [2.45, 2.75) is 110 Å². The van der Waals surface area contributed by atoms with Crippen LogP contribution in [0.3, 0.4) is 0 Å². The molecule has 0 aliphatic rings. The number of benzene rings is 2. The molecule has 0 aliphatic heterocycles. The molecule has 0 saturated carbocycles. The lowest BCUT2D eigenvalue weighted by atomic mass is 10.0. The first-order valence-electron chi connectivity index (χ1n) is 12.5. The van der Waals surface area contributed by atoms with E-state index in [1.165, 1.54) is 119 Å². The number of fused-ring (bicyclic) bond motifs is 1. The minimum Gasteiger partial charge on any atom is -0.0885 e. The first-order chi connectivity index (χ1) is 14.4. The molecule has 0 unspecified atom stereocenters. The van der Waals surface area contributed by atoms with Gasteiger partial charge in [0.05, 0.1) is 0 Å². The normalized spacial score (nSPS) is 11.6. The van der Waals surface area contributed by atoms with Gasteiger partial charge in [0.1, 0.15) is 0 Å². The van der Waals surface area contributed by atoms with Crippen LogP contribution in [0.15, 0.2) is 54.6 Å². The molecule has 0 nitrogen and oxygen atoms in total. The van der Waals surface area contributed by atoms with Gasteiger partial charge in [-0.1, -0.05) is 126 Å². The van der Waals surface area contributed by atoms with Crippen molar-refractivity contribution < 1.29 is 0 Å². The molecule has 29 heavy (non-hydrogen) atoms. The number of aryl methyl sites for hydroxylation is 1. The van der Waals surface area contributed by atoms with Gasteiger partial charge in [-0.2, -0.15) is 0 Å². The summed E-state index contributed by atoms with van der Waals surface area (Å²) in [7, 11) is 0. The second-order valence-corrected chi connectivity index (χ2v) is 8.72. The van der Waals surface area contributed by atoms with Gasteiger partial charge in [-0.25, -0.2) is 0 Å². The van der Waals surface area contributed by atoms with Gasteiger partial charge in [-0.3, -0.25) is 0 Å². The van der Waals surface area contributed by atoms with Crippen molar-refractivity contribution in [3.05, 3.63) is 60.2 Å². The van der Waals surface area contributed by atoms with Gasteiger partial charge in [0.15, 0.2) is 0 Å². The van der Waals surface area contributed by atoms with Gasteiger partial charge < -0.3 is 0 Å². The molecule has 2 rings (SSSR count). The van der Waals surface area contributed by atoms with E-state index < -0.39 is 0 Å². The Kier molecular flexibility index (Phi) is 13.3. The molecule has 0 bridgehead atoms. The maximum Gasteiger partial charge on any atom is -0.0181 e. The molecule has 0 aromatic heterocycles.